The maximum absolute atomic E-state index is 12.5. The van der Waals surface area contributed by atoms with Crippen LogP contribution in [0.4, 0.5) is 0 Å². The van der Waals surface area contributed by atoms with Gasteiger partial charge in [-0.05, 0) is 30.5 Å². The summed E-state index contributed by atoms with van der Waals surface area (Å²) >= 11 is 1.45. The molecule has 2 amide bonds. The quantitative estimate of drug-likeness (QED) is 0.856. The Hall–Kier alpha value is -2.34. The van der Waals surface area contributed by atoms with Gasteiger partial charge in [0.05, 0.1) is 4.88 Å². The van der Waals surface area contributed by atoms with Crippen LogP contribution in [-0.4, -0.2) is 53.9 Å². The van der Waals surface area contributed by atoms with Crippen LogP contribution in [0.15, 0.2) is 47.8 Å². The first-order chi connectivity index (χ1) is 11.6. The van der Waals surface area contributed by atoms with E-state index < -0.39 is 6.10 Å². The molecule has 24 heavy (non-hydrogen) atoms. The Labute approximate surface area is 145 Å². The summed E-state index contributed by atoms with van der Waals surface area (Å²) in [7, 11) is 0. The van der Waals surface area contributed by atoms with Gasteiger partial charge in [0.1, 0.15) is 5.75 Å². The van der Waals surface area contributed by atoms with E-state index in [1.807, 2.05) is 47.8 Å². The summed E-state index contributed by atoms with van der Waals surface area (Å²) in [6.45, 7) is 3.95. The normalized spacial score (nSPS) is 15.9. The maximum atomic E-state index is 12.5. The van der Waals surface area contributed by atoms with Crippen LogP contribution >= 0.6 is 11.3 Å². The lowest BCUT2D eigenvalue weighted by atomic mass is 10.2. The topological polar surface area (TPSA) is 49.9 Å². The molecule has 0 radical (unpaired) electrons. The molecule has 2 heterocycles. The number of hydrogen-bond donors (Lipinski definition) is 0. The first kappa shape index (κ1) is 16.5. The van der Waals surface area contributed by atoms with Crippen molar-refractivity contribution in [2.45, 2.75) is 13.0 Å². The number of ether oxygens (including phenoxy) is 1. The van der Waals surface area contributed by atoms with Crippen molar-refractivity contribution in [3.05, 3.63) is 52.7 Å². The molecule has 3 rings (SSSR count). The van der Waals surface area contributed by atoms with E-state index in [2.05, 4.69) is 0 Å². The molecule has 126 valence electrons. The van der Waals surface area contributed by atoms with E-state index in [-0.39, 0.29) is 11.8 Å². The average Bonchev–Trinajstić information content (AvgIpc) is 3.16. The van der Waals surface area contributed by atoms with E-state index in [0.29, 0.717) is 31.9 Å². The average molecular weight is 344 g/mol. The Morgan fingerprint density at radius 2 is 1.67 bits per heavy atom. The second-order valence-electron chi connectivity index (χ2n) is 5.67. The number of piperazine rings is 1. The van der Waals surface area contributed by atoms with E-state index in [1.54, 1.807) is 16.7 Å². The summed E-state index contributed by atoms with van der Waals surface area (Å²) in [5, 5.41) is 1.90. The summed E-state index contributed by atoms with van der Waals surface area (Å²) in [5.74, 6) is 0.692. The molecule has 0 saturated carbocycles. The van der Waals surface area contributed by atoms with Crippen molar-refractivity contribution in [2.24, 2.45) is 0 Å². The zero-order valence-corrected chi connectivity index (χ0v) is 14.4. The zero-order chi connectivity index (χ0) is 16.9. The summed E-state index contributed by atoms with van der Waals surface area (Å²) in [6.07, 6.45) is -0.535. The minimum absolute atomic E-state index is 0.0397. The molecule has 1 aromatic heterocycles. The fraction of sp³-hybridized carbons (Fsp3) is 0.333. The smallest absolute Gasteiger partial charge is 0.264 e. The molecule has 0 spiro atoms. The molecular weight excluding hydrogens is 324 g/mol. The van der Waals surface area contributed by atoms with Crippen molar-refractivity contribution in [3.63, 3.8) is 0 Å². The van der Waals surface area contributed by atoms with Gasteiger partial charge in [0.15, 0.2) is 6.10 Å². The SMILES string of the molecule is CC(Oc1ccccc1)C(=O)N1CCN(C(=O)c2cccs2)CC1. The predicted octanol–water partition coefficient (Wildman–Crippen LogP) is 2.50. The predicted molar refractivity (Wildman–Crippen MR) is 93.3 cm³/mol. The number of amides is 2. The third-order valence-corrected chi connectivity index (χ3v) is 4.87. The number of thiophene rings is 1. The number of carbonyl (C=O) groups is 2. The van der Waals surface area contributed by atoms with Crippen LogP contribution in [-0.2, 0) is 4.79 Å². The lowest BCUT2D eigenvalue weighted by Gasteiger charge is -2.35. The van der Waals surface area contributed by atoms with Gasteiger partial charge in [-0.2, -0.15) is 0 Å². The summed E-state index contributed by atoms with van der Waals surface area (Å²) in [4.78, 5) is 29.1. The third-order valence-electron chi connectivity index (χ3n) is 4.01. The van der Waals surface area contributed by atoms with E-state index >= 15 is 0 Å². The second-order valence-corrected chi connectivity index (χ2v) is 6.62. The molecule has 6 heteroatoms. The van der Waals surface area contributed by atoms with Gasteiger partial charge in [-0.3, -0.25) is 9.59 Å². The van der Waals surface area contributed by atoms with Gasteiger partial charge in [-0.1, -0.05) is 24.3 Å². The van der Waals surface area contributed by atoms with Crippen LogP contribution < -0.4 is 4.74 Å². The first-order valence-electron chi connectivity index (χ1n) is 7.98. The molecule has 1 aliphatic heterocycles. The van der Waals surface area contributed by atoms with Crippen molar-refractivity contribution in [1.82, 2.24) is 9.80 Å². The first-order valence-corrected chi connectivity index (χ1v) is 8.86. The fourth-order valence-corrected chi connectivity index (χ4v) is 3.39. The zero-order valence-electron chi connectivity index (χ0n) is 13.6. The van der Waals surface area contributed by atoms with Crippen molar-refractivity contribution in [1.29, 1.82) is 0 Å². The Morgan fingerprint density at radius 3 is 2.29 bits per heavy atom. The largest absolute Gasteiger partial charge is 0.481 e. The lowest BCUT2D eigenvalue weighted by molar-refractivity contribution is -0.139. The molecular formula is C18H20N2O3S. The maximum Gasteiger partial charge on any atom is 0.264 e. The van der Waals surface area contributed by atoms with Crippen molar-refractivity contribution < 1.29 is 14.3 Å². The lowest BCUT2D eigenvalue weighted by Crippen LogP contribution is -2.53. The van der Waals surface area contributed by atoms with Gasteiger partial charge in [0, 0.05) is 26.2 Å². The Kier molecular flexibility index (Phi) is 5.15. The number of nitrogens with zero attached hydrogens (tertiary/aromatic N) is 2. The highest BCUT2D eigenvalue weighted by atomic mass is 32.1. The van der Waals surface area contributed by atoms with Crippen molar-refractivity contribution in [2.75, 3.05) is 26.2 Å². The Balaban J connectivity index is 1.52. The van der Waals surface area contributed by atoms with Crippen LogP contribution in [0.2, 0.25) is 0 Å². The second kappa shape index (κ2) is 7.49. The monoisotopic (exact) mass is 344 g/mol. The molecule has 1 fully saturated rings. The number of para-hydroxylation sites is 1. The third kappa shape index (κ3) is 3.76. The van der Waals surface area contributed by atoms with Gasteiger partial charge in [0.2, 0.25) is 0 Å². The van der Waals surface area contributed by atoms with Gasteiger partial charge in [-0.25, -0.2) is 0 Å². The molecule has 0 N–H and O–H groups in total. The number of rotatable bonds is 4. The van der Waals surface area contributed by atoms with E-state index in [0.717, 1.165) is 4.88 Å². The molecule has 0 aliphatic carbocycles. The van der Waals surface area contributed by atoms with Gasteiger partial charge in [0.25, 0.3) is 11.8 Å². The molecule has 1 atom stereocenters. The number of hydrogen-bond acceptors (Lipinski definition) is 4. The molecule has 1 unspecified atom stereocenters. The van der Waals surface area contributed by atoms with E-state index in [9.17, 15) is 9.59 Å². The fourth-order valence-electron chi connectivity index (χ4n) is 2.70. The van der Waals surface area contributed by atoms with E-state index in [1.165, 1.54) is 11.3 Å². The van der Waals surface area contributed by atoms with E-state index in [4.69, 9.17) is 4.74 Å². The van der Waals surface area contributed by atoms with Crippen LogP contribution in [0.5, 0.6) is 5.75 Å². The summed E-state index contributed by atoms with van der Waals surface area (Å²) in [5.41, 5.74) is 0. The Bertz CT molecular complexity index is 680. The molecule has 1 aliphatic rings. The van der Waals surface area contributed by atoms with Crippen LogP contribution in [0.25, 0.3) is 0 Å². The van der Waals surface area contributed by atoms with Gasteiger partial charge < -0.3 is 14.5 Å². The van der Waals surface area contributed by atoms with Gasteiger partial charge >= 0.3 is 0 Å². The minimum atomic E-state index is -0.535. The van der Waals surface area contributed by atoms with Crippen LogP contribution in [0.3, 0.4) is 0 Å². The minimum Gasteiger partial charge on any atom is -0.481 e. The van der Waals surface area contributed by atoms with Crippen LogP contribution in [0, 0.1) is 0 Å². The molecule has 1 saturated heterocycles. The highest BCUT2D eigenvalue weighted by molar-refractivity contribution is 7.12. The highest BCUT2D eigenvalue weighted by Crippen LogP contribution is 2.16. The number of carbonyl (C=O) groups excluding carboxylic acids is 2. The standard InChI is InChI=1S/C18H20N2O3S/c1-14(23-15-6-3-2-4-7-15)17(21)19-9-11-20(12-10-19)18(22)16-8-5-13-24-16/h2-8,13-14H,9-12H2,1H3. The summed E-state index contributed by atoms with van der Waals surface area (Å²) in [6, 6.07) is 13.0. The Morgan fingerprint density at radius 1 is 1.00 bits per heavy atom. The van der Waals surface area contributed by atoms with Crippen LogP contribution in [0.1, 0.15) is 16.6 Å². The van der Waals surface area contributed by atoms with Crippen molar-refractivity contribution in [3.8, 4) is 5.75 Å². The highest BCUT2D eigenvalue weighted by Gasteiger charge is 2.28. The molecule has 1 aromatic carbocycles. The summed E-state index contributed by atoms with van der Waals surface area (Å²) < 4.78 is 5.69. The molecule has 2 aromatic rings. The van der Waals surface area contributed by atoms with Crippen molar-refractivity contribution >= 4 is 23.2 Å². The van der Waals surface area contributed by atoms with Gasteiger partial charge in [-0.15, -0.1) is 11.3 Å². The molecule has 5 nitrogen and oxygen atoms in total. The number of benzene rings is 1. The molecule has 0 bridgehead atoms.